The molecule has 5 heteroatoms. The van der Waals surface area contributed by atoms with Crippen LogP contribution in [0.15, 0.2) is 24.3 Å². The molecule has 1 heterocycles. The van der Waals surface area contributed by atoms with Gasteiger partial charge in [-0.25, -0.2) is 0 Å². The van der Waals surface area contributed by atoms with Gasteiger partial charge in [-0.2, -0.15) is 0 Å². The van der Waals surface area contributed by atoms with Crippen molar-refractivity contribution in [2.24, 2.45) is 11.1 Å². The molecular weight excluding hydrogens is 326 g/mol. The van der Waals surface area contributed by atoms with Gasteiger partial charge in [-0.1, -0.05) is 37.5 Å². The number of rotatable bonds is 6. The van der Waals surface area contributed by atoms with Crippen molar-refractivity contribution in [2.45, 2.75) is 45.1 Å². The number of hydrogen-bond donors (Lipinski definition) is 1. The molecule has 0 atom stereocenters. The Kier molecular flexibility index (Phi) is 6.54. The molecule has 5 nitrogen and oxygen atoms in total. The molecule has 144 valence electrons. The van der Waals surface area contributed by atoms with E-state index in [0.717, 1.165) is 39.1 Å². The predicted octanol–water partition coefficient (Wildman–Crippen LogP) is 2.78. The van der Waals surface area contributed by atoms with Crippen LogP contribution in [-0.2, 0) is 16.1 Å². The summed E-state index contributed by atoms with van der Waals surface area (Å²) in [6, 6.07) is 8.41. The molecule has 0 unspecified atom stereocenters. The Hall–Kier alpha value is -1.59. The molecule has 1 aromatic carbocycles. The number of carbonyl (C=O) groups excluding carboxylic acids is 1. The second-order valence-corrected chi connectivity index (χ2v) is 7.92. The van der Waals surface area contributed by atoms with Crippen LogP contribution in [-0.4, -0.2) is 50.7 Å². The Labute approximate surface area is 157 Å². The highest BCUT2D eigenvalue weighted by Gasteiger charge is 2.34. The summed E-state index contributed by atoms with van der Waals surface area (Å²) >= 11 is 0. The van der Waals surface area contributed by atoms with E-state index in [0.29, 0.717) is 19.5 Å². The number of nitrogens with two attached hydrogens (primary N) is 1. The van der Waals surface area contributed by atoms with Gasteiger partial charge in [-0.05, 0) is 36.4 Å². The van der Waals surface area contributed by atoms with Gasteiger partial charge in [0.25, 0.3) is 0 Å². The van der Waals surface area contributed by atoms with E-state index in [1.807, 2.05) is 11.9 Å². The fourth-order valence-electron chi connectivity index (χ4n) is 4.31. The van der Waals surface area contributed by atoms with Crippen LogP contribution in [0.4, 0.5) is 5.69 Å². The molecule has 1 amide bonds. The Morgan fingerprint density at radius 1 is 1.19 bits per heavy atom. The molecular formula is C21H33N3O2. The number of morpholine rings is 1. The molecule has 2 fully saturated rings. The summed E-state index contributed by atoms with van der Waals surface area (Å²) < 4.78 is 5.47. The third-order valence-corrected chi connectivity index (χ3v) is 6.05. The Morgan fingerprint density at radius 2 is 1.88 bits per heavy atom. The number of carbonyl (C=O) groups is 1. The Balaban J connectivity index is 1.65. The molecule has 0 radical (unpaired) electrons. The molecule has 0 spiro atoms. The van der Waals surface area contributed by atoms with Crippen LogP contribution >= 0.6 is 0 Å². The summed E-state index contributed by atoms with van der Waals surface area (Å²) in [6.07, 6.45) is 6.45. The number of amides is 1. The smallest absolute Gasteiger partial charge is 0.223 e. The van der Waals surface area contributed by atoms with Gasteiger partial charge in [0, 0.05) is 38.8 Å². The van der Waals surface area contributed by atoms with Crippen molar-refractivity contribution in [2.75, 3.05) is 44.8 Å². The fourth-order valence-corrected chi connectivity index (χ4v) is 4.31. The van der Waals surface area contributed by atoms with Crippen molar-refractivity contribution in [3.8, 4) is 0 Å². The van der Waals surface area contributed by atoms with E-state index in [-0.39, 0.29) is 11.3 Å². The number of nitrogens with zero attached hydrogens (tertiary/aromatic N) is 2. The first-order valence-electron chi connectivity index (χ1n) is 9.98. The maximum absolute atomic E-state index is 12.9. The standard InChI is InChI=1S/C21H33N3O2/c1-23(20(25)15-21(17-22)9-5-2-6-10-21)16-18-7-3-4-8-19(18)24-11-13-26-14-12-24/h3-4,7-8H,2,5-6,9-17,22H2,1H3. The van der Waals surface area contributed by atoms with Crippen LogP contribution in [0.25, 0.3) is 0 Å². The zero-order valence-electron chi connectivity index (χ0n) is 16.1. The van der Waals surface area contributed by atoms with Crippen LogP contribution < -0.4 is 10.6 Å². The SMILES string of the molecule is CN(Cc1ccccc1N1CCOCC1)C(=O)CC1(CN)CCCCC1. The number of hydrogen-bond acceptors (Lipinski definition) is 4. The molecule has 2 N–H and O–H groups in total. The van der Waals surface area contributed by atoms with E-state index in [4.69, 9.17) is 10.5 Å². The highest BCUT2D eigenvalue weighted by atomic mass is 16.5. The maximum atomic E-state index is 12.9. The molecule has 1 aliphatic heterocycles. The molecule has 1 aromatic rings. The van der Waals surface area contributed by atoms with Gasteiger partial charge in [0.2, 0.25) is 5.91 Å². The molecule has 0 aromatic heterocycles. The van der Waals surface area contributed by atoms with Crippen LogP contribution in [0.3, 0.4) is 0 Å². The van der Waals surface area contributed by atoms with E-state index >= 15 is 0 Å². The van der Waals surface area contributed by atoms with Gasteiger partial charge >= 0.3 is 0 Å². The average molecular weight is 360 g/mol. The van der Waals surface area contributed by atoms with E-state index < -0.39 is 0 Å². The van der Waals surface area contributed by atoms with Gasteiger partial charge in [0.15, 0.2) is 0 Å². The van der Waals surface area contributed by atoms with Crippen molar-refractivity contribution in [1.29, 1.82) is 0 Å². The lowest BCUT2D eigenvalue weighted by Crippen LogP contribution is -2.40. The quantitative estimate of drug-likeness (QED) is 0.848. The van der Waals surface area contributed by atoms with Crippen LogP contribution in [0.1, 0.15) is 44.1 Å². The number of anilines is 1. The lowest BCUT2D eigenvalue weighted by molar-refractivity contribution is -0.133. The Bertz CT molecular complexity index is 593. The maximum Gasteiger partial charge on any atom is 0.223 e. The van der Waals surface area contributed by atoms with E-state index in [2.05, 4.69) is 29.2 Å². The largest absolute Gasteiger partial charge is 0.378 e. The number of benzene rings is 1. The monoisotopic (exact) mass is 359 g/mol. The first-order chi connectivity index (χ1) is 12.6. The third kappa shape index (κ3) is 4.57. The second-order valence-electron chi connectivity index (χ2n) is 7.92. The summed E-state index contributed by atoms with van der Waals surface area (Å²) in [7, 11) is 1.92. The third-order valence-electron chi connectivity index (χ3n) is 6.05. The van der Waals surface area contributed by atoms with Crippen molar-refractivity contribution >= 4 is 11.6 Å². The molecule has 26 heavy (non-hydrogen) atoms. The average Bonchev–Trinajstić information content (AvgIpc) is 2.69. The minimum Gasteiger partial charge on any atom is -0.378 e. The molecule has 3 rings (SSSR count). The summed E-state index contributed by atoms with van der Waals surface area (Å²) in [5, 5.41) is 0. The fraction of sp³-hybridized carbons (Fsp3) is 0.667. The van der Waals surface area contributed by atoms with Crippen molar-refractivity contribution in [3.63, 3.8) is 0 Å². The van der Waals surface area contributed by atoms with E-state index in [1.165, 1.54) is 30.5 Å². The lowest BCUT2D eigenvalue weighted by Gasteiger charge is -2.37. The van der Waals surface area contributed by atoms with Gasteiger partial charge in [-0.3, -0.25) is 4.79 Å². The lowest BCUT2D eigenvalue weighted by atomic mass is 9.71. The first-order valence-corrected chi connectivity index (χ1v) is 9.98. The normalized spacial score (nSPS) is 20.0. The summed E-state index contributed by atoms with van der Waals surface area (Å²) in [6.45, 7) is 4.62. The van der Waals surface area contributed by atoms with Crippen molar-refractivity contribution in [3.05, 3.63) is 29.8 Å². The Morgan fingerprint density at radius 3 is 2.58 bits per heavy atom. The highest BCUT2D eigenvalue weighted by Crippen LogP contribution is 2.38. The summed E-state index contributed by atoms with van der Waals surface area (Å²) in [5.41, 5.74) is 8.52. The van der Waals surface area contributed by atoms with Gasteiger partial charge in [-0.15, -0.1) is 0 Å². The molecule has 0 bridgehead atoms. The first kappa shape index (κ1) is 19.2. The van der Waals surface area contributed by atoms with Gasteiger partial charge in [0.05, 0.1) is 13.2 Å². The summed E-state index contributed by atoms with van der Waals surface area (Å²) in [4.78, 5) is 17.1. The zero-order chi connectivity index (χ0) is 18.4. The van der Waals surface area contributed by atoms with E-state index in [9.17, 15) is 4.79 Å². The van der Waals surface area contributed by atoms with E-state index in [1.54, 1.807) is 0 Å². The highest BCUT2D eigenvalue weighted by molar-refractivity contribution is 5.77. The topological polar surface area (TPSA) is 58.8 Å². The number of para-hydroxylation sites is 1. The van der Waals surface area contributed by atoms with Crippen LogP contribution in [0.2, 0.25) is 0 Å². The molecule has 1 saturated heterocycles. The van der Waals surface area contributed by atoms with Gasteiger partial charge < -0.3 is 20.3 Å². The molecule has 1 aliphatic carbocycles. The minimum absolute atomic E-state index is 0.0212. The van der Waals surface area contributed by atoms with Crippen molar-refractivity contribution < 1.29 is 9.53 Å². The van der Waals surface area contributed by atoms with Crippen LogP contribution in [0.5, 0.6) is 0 Å². The minimum atomic E-state index is 0.0212. The molecule has 2 aliphatic rings. The molecule has 1 saturated carbocycles. The van der Waals surface area contributed by atoms with Crippen LogP contribution in [0, 0.1) is 5.41 Å². The van der Waals surface area contributed by atoms with Crippen molar-refractivity contribution in [1.82, 2.24) is 4.90 Å². The second kappa shape index (κ2) is 8.87. The predicted molar refractivity (Wildman–Crippen MR) is 105 cm³/mol. The van der Waals surface area contributed by atoms with Gasteiger partial charge in [0.1, 0.15) is 0 Å². The zero-order valence-corrected chi connectivity index (χ0v) is 16.1. The number of ether oxygens (including phenoxy) is 1. The summed E-state index contributed by atoms with van der Waals surface area (Å²) in [5.74, 6) is 0.217.